The fourth-order valence-corrected chi connectivity index (χ4v) is 9.50. The Kier molecular flexibility index (Phi) is 16.5. The Morgan fingerprint density at radius 1 is 0.814 bits per heavy atom. The molecule has 4 N–H and O–H groups in total. The summed E-state index contributed by atoms with van der Waals surface area (Å²) in [6.07, 6.45) is 8.74. The van der Waals surface area contributed by atoms with Crippen LogP contribution in [-0.2, 0) is 28.6 Å². The van der Waals surface area contributed by atoms with Crippen molar-refractivity contribution in [1.82, 2.24) is 40.0 Å². The molecule has 0 bridgehead atoms. The number of benzene rings is 1. The maximum atomic E-state index is 13.6. The van der Waals surface area contributed by atoms with Crippen molar-refractivity contribution in [2.24, 2.45) is 0 Å². The summed E-state index contributed by atoms with van der Waals surface area (Å²) in [6, 6.07) is 7.79. The molecule has 1 aliphatic carbocycles. The van der Waals surface area contributed by atoms with Gasteiger partial charge in [-0.05, 0) is 75.8 Å². The molecule has 4 aliphatic rings. The van der Waals surface area contributed by atoms with Crippen LogP contribution in [0.3, 0.4) is 0 Å². The molecule has 1 aromatic carbocycles. The maximum Gasteiger partial charge on any atom is 0.264 e. The van der Waals surface area contributed by atoms with E-state index in [-0.39, 0.29) is 52.8 Å². The van der Waals surface area contributed by atoms with Gasteiger partial charge in [-0.3, -0.25) is 53.2 Å². The molecule has 0 spiro atoms. The van der Waals surface area contributed by atoms with Gasteiger partial charge in [0.25, 0.3) is 17.4 Å². The first kappa shape index (κ1) is 49.7. The van der Waals surface area contributed by atoms with Crippen LogP contribution in [0.5, 0.6) is 0 Å². The van der Waals surface area contributed by atoms with Crippen molar-refractivity contribution in [2.75, 3.05) is 101 Å². The number of anilines is 4. The molecular weight excluding hydrogens is 903 g/mol. The van der Waals surface area contributed by atoms with E-state index in [4.69, 9.17) is 19.2 Å². The van der Waals surface area contributed by atoms with E-state index in [1.54, 1.807) is 42.1 Å². The lowest BCUT2D eigenvalue weighted by atomic mass is 10.0. The number of rotatable bonds is 23. The molecule has 3 aromatic heterocycles. The zero-order chi connectivity index (χ0) is 49.1. The van der Waals surface area contributed by atoms with Crippen molar-refractivity contribution < 1.29 is 43.0 Å². The third-order valence-corrected chi connectivity index (χ3v) is 13.1. The van der Waals surface area contributed by atoms with Crippen LogP contribution in [0.25, 0.3) is 11.0 Å². The van der Waals surface area contributed by atoms with Crippen LogP contribution in [0.15, 0.2) is 47.5 Å². The Labute approximate surface area is 405 Å². The van der Waals surface area contributed by atoms with Crippen LogP contribution < -0.4 is 31.7 Å². The van der Waals surface area contributed by atoms with Gasteiger partial charge in [0.1, 0.15) is 17.5 Å². The highest BCUT2D eigenvalue weighted by atomic mass is 16.5. The molecule has 70 heavy (non-hydrogen) atoms. The lowest BCUT2D eigenvalue weighted by Gasteiger charge is -2.35. The smallest absolute Gasteiger partial charge is 0.264 e. The van der Waals surface area contributed by atoms with Crippen molar-refractivity contribution in [2.45, 2.75) is 77.3 Å². The lowest BCUT2D eigenvalue weighted by Crippen LogP contribution is -2.54. The highest BCUT2D eigenvalue weighted by Gasteiger charge is 2.45. The first-order valence-electron chi connectivity index (χ1n) is 24.2. The summed E-state index contributed by atoms with van der Waals surface area (Å²) in [5.41, 5.74) is 2.95. The molecular formula is C49H61N11O10. The van der Waals surface area contributed by atoms with E-state index in [0.717, 1.165) is 62.4 Å². The van der Waals surface area contributed by atoms with Gasteiger partial charge >= 0.3 is 0 Å². The molecule has 4 aromatic rings. The molecule has 1 unspecified atom stereocenters. The number of imide groups is 2. The second-order valence-electron chi connectivity index (χ2n) is 17.9. The van der Waals surface area contributed by atoms with E-state index >= 15 is 0 Å². The average Bonchev–Trinajstić information content (AvgIpc) is 3.96. The number of nitrogens with one attached hydrogen (secondary N) is 4. The Bertz CT molecular complexity index is 2650. The number of piperidine rings is 1. The molecule has 3 aliphatic heterocycles. The molecule has 0 radical (unpaired) electrons. The highest BCUT2D eigenvalue weighted by Crippen LogP contribution is 2.34. The van der Waals surface area contributed by atoms with Crippen LogP contribution in [0.4, 0.5) is 23.1 Å². The first-order chi connectivity index (χ1) is 34.0. The average molecular weight is 964 g/mol. The van der Waals surface area contributed by atoms with Gasteiger partial charge in [0, 0.05) is 82.2 Å². The fraction of sp³-hybridized carbons (Fsp3) is 0.510. The number of Topliss-reactive ketones (excluding diaryl/α,β-unsaturated/α-hetero) is 1. The van der Waals surface area contributed by atoms with Gasteiger partial charge in [-0.2, -0.15) is 4.98 Å². The van der Waals surface area contributed by atoms with Gasteiger partial charge in [-0.25, -0.2) is 9.97 Å². The Hall–Kier alpha value is -6.68. The van der Waals surface area contributed by atoms with Gasteiger partial charge in [0.15, 0.2) is 5.78 Å². The minimum atomic E-state index is -1.01. The SMILES string of the molecule is CC(=O)c1c(C)c2cnc(Nc3ccc(N4CCN(CC(=O)NCCCOCCOCCOCCCNc5cccc6c5C(=O)N(C5CCC(=O)NC5=O)C6=O)CC4)cn3)nc2n(C2CCCC2)c1=O. The number of ketones is 1. The number of hydrogen-bond acceptors (Lipinski definition) is 17. The molecule has 372 valence electrons. The number of carbonyl (C=O) groups is 6. The second kappa shape index (κ2) is 23.3. The van der Waals surface area contributed by atoms with Gasteiger partial charge in [0.2, 0.25) is 23.7 Å². The lowest BCUT2D eigenvalue weighted by molar-refractivity contribution is -0.136. The number of carbonyl (C=O) groups excluding carboxylic acids is 6. The number of aromatic nitrogens is 4. The summed E-state index contributed by atoms with van der Waals surface area (Å²) in [4.78, 5) is 108. The van der Waals surface area contributed by atoms with Gasteiger partial charge < -0.3 is 35.1 Å². The molecule has 8 rings (SSSR count). The molecule has 1 saturated carbocycles. The Morgan fingerprint density at radius 2 is 1.53 bits per heavy atom. The highest BCUT2D eigenvalue weighted by molar-refractivity contribution is 6.25. The van der Waals surface area contributed by atoms with Crippen molar-refractivity contribution in [3.05, 3.63) is 75.3 Å². The summed E-state index contributed by atoms with van der Waals surface area (Å²) in [5.74, 6) is -1.56. The van der Waals surface area contributed by atoms with E-state index in [1.807, 2.05) is 12.1 Å². The number of nitrogens with zero attached hydrogens (tertiary/aromatic N) is 7. The number of piperazine rings is 1. The summed E-state index contributed by atoms with van der Waals surface area (Å²) in [5, 5.41) is 12.3. The second-order valence-corrected chi connectivity index (χ2v) is 17.9. The van der Waals surface area contributed by atoms with Crippen molar-refractivity contribution >= 4 is 69.5 Å². The molecule has 1 atom stereocenters. The monoisotopic (exact) mass is 963 g/mol. The predicted molar refractivity (Wildman–Crippen MR) is 259 cm³/mol. The number of aryl methyl sites for hydroxylation is 1. The normalized spacial score (nSPS) is 17.6. The standard InChI is InChI=1S/C49H61N11O10/c1-31-36-29-53-49(56-44(36)59(33-8-3-4-9-33)47(66)42(31)32(2)61)54-39-14-12-34(28-52-39)58-20-18-57(19-21-58)30-41(63)51-17-7-23-69-25-27-70-26-24-68-22-6-16-50-37-11-5-10-35-43(37)48(67)60(46(35)65)38-13-15-40(62)55-45(38)64/h5,10-12,14,28-29,33,38,50H,3-4,6-9,13,15-27,30H2,1-2H3,(H,51,63)(H,55,62,64)(H,52,53,54,56). The zero-order valence-electron chi connectivity index (χ0n) is 39.8. The van der Waals surface area contributed by atoms with E-state index in [1.165, 1.54) is 6.92 Å². The zero-order valence-corrected chi connectivity index (χ0v) is 39.8. The summed E-state index contributed by atoms with van der Waals surface area (Å²) >= 11 is 0. The first-order valence-corrected chi connectivity index (χ1v) is 24.2. The summed E-state index contributed by atoms with van der Waals surface area (Å²) in [6.45, 7) is 10.1. The van der Waals surface area contributed by atoms with E-state index in [0.29, 0.717) is 106 Å². The Balaban J connectivity index is 0.647. The molecule has 21 nitrogen and oxygen atoms in total. The van der Waals surface area contributed by atoms with E-state index in [2.05, 4.69) is 41.0 Å². The van der Waals surface area contributed by atoms with Gasteiger partial charge in [0.05, 0.1) is 61.5 Å². The number of fused-ring (bicyclic) bond motifs is 2. The van der Waals surface area contributed by atoms with Crippen molar-refractivity contribution in [1.29, 1.82) is 0 Å². The third-order valence-electron chi connectivity index (χ3n) is 13.1. The number of pyridine rings is 2. The van der Waals surface area contributed by atoms with Crippen LogP contribution >= 0.6 is 0 Å². The van der Waals surface area contributed by atoms with Gasteiger partial charge in [-0.15, -0.1) is 0 Å². The van der Waals surface area contributed by atoms with Crippen LogP contribution in [0.1, 0.15) is 101 Å². The summed E-state index contributed by atoms with van der Waals surface area (Å²) in [7, 11) is 0. The molecule has 5 amide bonds. The minimum Gasteiger partial charge on any atom is -0.384 e. The van der Waals surface area contributed by atoms with Crippen molar-refractivity contribution in [3.8, 4) is 0 Å². The fourth-order valence-electron chi connectivity index (χ4n) is 9.50. The quantitative estimate of drug-likeness (QED) is 0.0474. The number of hydrogen-bond donors (Lipinski definition) is 4. The summed E-state index contributed by atoms with van der Waals surface area (Å²) < 4.78 is 18.6. The van der Waals surface area contributed by atoms with Crippen molar-refractivity contribution in [3.63, 3.8) is 0 Å². The molecule has 3 fully saturated rings. The topological polar surface area (TPSA) is 249 Å². The predicted octanol–water partition coefficient (Wildman–Crippen LogP) is 3.14. The molecule has 6 heterocycles. The van der Waals surface area contributed by atoms with E-state index in [9.17, 15) is 33.6 Å². The van der Waals surface area contributed by atoms with Gasteiger partial charge in [-0.1, -0.05) is 18.9 Å². The Morgan fingerprint density at radius 3 is 2.21 bits per heavy atom. The number of amides is 5. The largest absolute Gasteiger partial charge is 0.384 e. The third kappa shape index (κ3) is 11.7. The molecule has 2 saturated heterocycles. The van der Waals surface area contributed by atoms with E-state index < -0.39 is 29.7 Å². The number of ether oxygens (including phenoxy) is 3. The maximum absolute atomic E-state index is 13.6. The minimum absolute atomic E-state index is 0.00729. The van der Waals surface area contributed by atoms with Crippen LogP contribution in [0, 0.1) is 6.92 Å². The molecule has 21 heteroatoms. The van der Waals surface area contributed by atoms with Crippen LogP contribution in [0.2, 0.25) is 0 Å². The van der Waals surface area contributed by atoms with Crippen LogP contribution in [-0.4, -0.2) is 156 Å².